The average molecular weight is 262 g/mol. The predicted molar refractivity (Wildman–Crippen MR) is 71.7 cm³/mol. The molecule has 94 valence electrons. The highest BCUT2D eigenvalue weighted by atomic mass is 32.1. The summed E-state index contributed by atoms with van der Waals surface area (Å²) >= 11 is 1.67. The van der Waals surface area contributed by atoms with Crippen molar-refractivity contribution in [1.82, 2.24) is 0 Å². The number of carboxylic acids is 1. The number of carboxylic acid groups (broad SMARTS) is 1. The third kappa shape index (κ3) is 3.11. The molecule has 0 aliphatic rings. The van der Waals surface area contributed by atoms with Crippen molar-refractivity contribution >= 4 is 17.3 Å². The maximum Gasteiger partial charge on any atom is 0.335 e. The van der Waals surface area contributed by atoms with Crippen LogP contribution in [-0.4, -0.2) is 17.7 Å². The molecular weight excluding hydrogens is 248 g/mol. The molecule has 0 aliphatic heterocycles. The van der Waals surface area contributed by atoms with E-state index in [0.29, 0.717) is 17.9 Å². The SMILES string of the molecule is Cc1cc(OCCc2ccsc2)ccc1C(=O)O. The first-order valence-corrected chi connectivity index (χ1v) is 6.59. The Morgan fingerprint density at radius 1 is 1.39 bits per heavy atom. The minimum absolute atomic E-state index is 0.320. The van der Waals surface area contributed by atoms with Gasteiger partial charge in [-0.2, -0.15) is 11.3 Å². The van der Waals surface area contributed by atoms with Gasteiger partial charge in [-0.15, -0.1) is 0 Å². The Morgan fingerprint density at radius 2 is 2.22 bits per heavy atom. The first-order chi connectivity index (χ1) is 8.66. The molecule has 1 aromatic carbocycles. The van der Waals surface area contributed by atoms with E-state index in [-0.39, 0.29) is 0 Å². The van der Waals surface area contributed by atoms with Crippen molar-refractivity contribution < 1.29 is 14.6 Å². The molecule has 3 nitrogen and oxygen atoms in total. The van der Waals surface area contributed by atoms with Crippen molar-refractivity contribution in [2.75, 3.05) is 6.61 Å². The molecule has 0 fully saturated rings. The fourth-order valence-corrected chi connectivity index (χ4v) is 2.39. The molecule has 0 saturated heterocycles. The van der Waals surface area contributed by atoms with Crippen molar-refractivity contribution in [1.29, 1.82) is 0 Å². The van der Waals surface area contributed by atoms with Gasteiger partial charge in [-0.25, -0.2) is 4.79 Å². The first kappa shape index (κ1) is 12.6. The van der Waals surface area contributed by atoms with Gasteiger partial charge in [0.05, 0.1) is 12.2 Å². The summed E-state index contributed by atoms with van der Waals surface area (Å²) in [6, 6.07) is 7.12. The number of carbonyl (C=O) groups is 1. The number of ether oxygens (including phenoxy) is 1. The Labute approximate surface area is 110 Å². The van der Waals surface area contributed by atoms with E-state index in [9.17, 15) is 4.79 Å². The minimum Gasteiger partial charge on any atom is -0.493 e. The Kier molecular flexibility index (Phi) is 3.99. The molecule has 1 heterocycles. The van der Waals surface area contributed by atoms with Crippen LogP contribution in [0.25, 0.3) is 0 Å². The Bertz CT molecular complexity index is 532. The number of aromatic carboxylic acids is 1. The normalized spacial score (nSPS) is 10.3. The first-order valence-electron chi connectivity index (χ1n) is 5.64. The molecule has 0 unspecified atom stereocenters. The van der Waals surface area contributed by atoms with E-state index in [1.807, 2.05) is 5.38 Å². The van der Waals surface area contributed by atoms with Gasteiger partial charge in [0, 0.05) is 6.42 Å². The zero-order valence-corrected chi connectivity index (χ0v) is 10.9. The largest absolute Gasteiger partial charge is 0.493 e. The molecule has 4 heteroatoms. The number of hydrogen-bond acceptors (Lipinski definition) is 3. The quantitative estimate of drug-likeness (QED) is 0.898. The highest BCUT2D eigenvalue weighted by Gasteiger charge is 2.07. The van der Waals surface area contributed by atoms with E-state index in [2.05, 4.69) is 11.4 Å². The van der Waals surface area contributed by atoms with Crippen LogP contribution in [0, 0.1) is 6.92 Å². The standard InChI is InChI=1S/C14H14O3S/c1-10-8-12(2-3-13(10)14(15)16)17-6-4-11-5-7-18-9-11/h2-3,5,7-9H,4,6H2,1H3,(H,15,16). The molecule has 2 aromatic rings. The monoisotopic (exact) mass is 262 g/mol. The van der Waals surface area contributed by atoms with Crippen molar-refractivity contribution in [3.8, 4) is 5.75 Å². The molecule has 0 radical (unpaired) electrons. The fourth-order valence-electron chi connectivity index (χ4n) is 1.69. The van der Waals surface area contributed by atoms with Crippen LogP contribution < -0.4 is 4.74 Å². The summed E-state index contributed by atoms with van der Waals surface area (Å²) in [7, 11) is 0. The lowest BCUT2D eigenvalue weighted by atomic mass is 10.1. The van der Waals surface area contributed by atoms with Crippen molar-refractivity contribution in [2.45, 2.75) is 13.3 Å². The highest BCUT2D eigenvalue weighted by Crippen LogP contribution is 2.17. The lowest BCUT2D eigenvalue weighted by Gasteiger charge is -2.07. The van der Waals surface area contributed by atoms with Crippen LogP contribution >= 0.6 is 11.3 Å². The molecule has 0 spiro atoms. The second kappa shape index (κ2) is 5.69. The second-order valence-corrected chi connectivity index (χ2v) is 4.79. The van der Waals surface area contributed by atoms with Crippen LogP contribution in [0.1, 0.15) is 21.5 Å². The summed E-state index contributed by atoms with van der Waals surface area (Å²) < 4.78 is 5.61. The fraction of sp³-hybridized carbons (Fsp3) is 0.214. The van der Waals surface area contributed by atoms with Gasteiger partial charge in [0.1, 0.15) is 5.75 Å². The summed E-state index contributed by atoms with van der Waals surface area (Å²) in [5.74, 6) is -0.190. The number of thiophene rings is 1. The van der Waals surface area contributed by atoms with Gasteiger partial charge in [-0.3, -0.25) is 0 Å². The van der Waals surface area contributed by atoms with Crippen molar-refractivity contribution in [3.05, 3.63) is 51.7 Å². The maximum absolute atomic E-state index is 10.9. The third-order valence-corrected chi connectivity index (χ3v) is 3.40. The van der Waals surface area contributed by atoms with Crippen molar-refractivity contribution in [2.24, 2.45) is 0 Å². The molecule has 0 saturated carbocycles. The van der Waals surface area contributed by atoms with Crippen LogP contribution in [0.2, 0.25) is 0 Å². The van der Waals surface area contributed by atoms with Gasteiger partial charge in [0.2, 0.25) is 0 Å². The molecule has 18 heavy (non-hydrogen) atoms. The summed E-state index contributed by atoms with van der Waals surface area (Å²) in [6.07, 6.45) is 0.864. The molecular formula is C14H14O3S. The third-order valence-electron chi connectivity index (χ3n) is 2.67. The molecule has 1 aromatic heterocycles. The lowest BCUT2D eigenvalue weighted by Crippen LogP contribution is -2.03. The van der Waals surface area contributed by atoms with Gasteiger partial charge < -0.3 is 9.84 Å². The Balaban J connectivity index is 1.94. The van der Waals surface area contributed by atoms with E-state index < -0.39 is 5.97 Å². The number of aryl methyl sites for hydroxylation is 1. The molecule has 0 bridgehead atoms. The molecule has 0 aliphatic carbocycles. The van der Waals surface area contributed by atoms with E-state index in [1.165, 1.54) is 5.56 Å². The molecule has 0 amide bonds. The van der Waals surface area contributed by atoms with Gasteiger partial charge in [-0.1, -0.05) is 0 Å². The van der Waals surface area contributed by atoms with Gasteiger partial charge in [0.25, 0.3) is 0 Å². The molecule has 0 atom stereocenters. The molecule has 1 N–H and O–H groups in total. The van der Waals surface area contributed by atoms with Crippen LogP contribution in [0.15, 0.2) is 35.0 Å². The summed E-state index contributed by atoms with van der Waals surface area (Å²) in [6.45, 7) is 2.37. The highest BCUT2D eigenvalue weighted by molar-refractivity contribution is 7.07. The zero-order chi connectivity index (χ0) is 13.0. The molecule has 2 rings (SSSR count). The summed E-state index contributed by atoms with van der Waals surface area (Å²) in [5, 5.41) is 13.1. The van der Waals surface area contributed by atoms with E-state index >= 15 is 0 Å². The van der Waals surface area contributed by atoms with Crippen molar-refractivity contribution in [3.63, 3.8) is 0 Å². The number of benzene rings is 1. The van der Waals surface area contributed by atoms with Gasteiger partial charge in [-0.05, 0) is 53.1 Å². The Morgan fingerprint density at radius 3 is 2.83 bits per heavy atom. The number of hydrogen-bond donors (Lipinski definition) is 1. The minimum atomic E-state index is -0.905. The summed E-state index contributed by atoms with van der Waals surface area (Å²) in [4.78, 5) is 10.9. The zero-order valence-electron chi connectivity index (χ0n) is 10.1. The average Bonchev–Trinajstić information content (AvgIpc) is 2.81. The van der Waals surface area contributed by atoms with Gasteiger partial charge in [0.15, 0.2) is 0 Å². The van der Waals surface area contributed by atoms with E-state index in [4.69, 9.17) is 9.84 Å². The van der Waals surface area contributed by atoms with Crippen LogP contribution in [-0.2, 0) is 6.42 Å². The van der Waals surface area contributed by atoms with Crippen LogP contribution in [0.3, 0.4) is 0 Å². The lowest BCUT2D eigenvalue weighted by molar-refractivity contribution is 0.0696. The predicted octanol–water partition coefficient (Wildman–Crippen LogP) is 3.38. The number of rotatable bonds is 5. The smallest absolute Gasteiger partial charge is 0.335 e. The Hall–Kier alpha value is -1.81. The van der Waals surface area contributed by atoms with Crippen LogP contribution in [0.5, 0.6) is 5.75 Å². The maximum atomic E-state index is 10.9. The van der Waals surface area contributed by atoms with Crippen LogP contribution in [0.4, 0.5) is 0 Å². The van der Waals surface area contributed by atoms with E-state index in [1.54, 1.807) is 36.5 Å². The van der Waals surface area contributed by atoms with Gasteiger partial charge >= 0.3 is 5.97 Å². The topological polar surface area (TPSA) is 46.5 Å². The summed E-state index contributed by atoms with van der Waals surface area (Å²) in [5.41, 5.74) is 2.30. The second-order valence-electron chi connectivity index (χ2n) is 4.01. The van der Waals surface area contributed by atoms with E-state index in [0.717, 1.165) is 12.0 Å².